The first-order chi connectivity index (χ1) is 8.22. The SMILES string of the molecule is O=C(c1ccc(Cl)cn1)N1CCOCC1CO. The van der Waals surface area contributed by atoms with Crippen LogP contribution >= 0.6 is 11.6 Å². The van der Waals surface area contributed by atoms with Gasteiger partial charge in [-0.15, -0.1) is 0 Å². The highest BCUT2D eigenvalue weighted by molar-refractivity contribution is 6.30. The summed E-state index contributed by atoms with van der Waals surface area (Å²) >= 11 is 5.71. The van der Waals surface area contributed by atoms with Crippen LogP contribution in [-0.2, 0) is 4.74 Å². The molecule has 0 bridgehead atoms. The van der Waals surface area contributed by atoms with Crippen molar-refractivity contribution in [3.8, 4) is 0 Å². The molecule has 5 nitrogen and oxygen atoms in total. The van der Waals surface area contributed by atoms with E-state index in [2.05, 4.69) is 4.98 Å². The first kappa shape index (κ1) is 12.3. The summed E-state index contributed by atoms with van der Waals surface area (Å²) in [5.41, 5.74) is 0.328. The second kappa shape index (κ2) is 5.44. The Morgan fingerprint density at radius 1 is 1.65 bits per heavy atom. The lowest BCUT2D eigenvalue weighted by molar-refractivity contribution is -0.0186. The molecule has 2 rings (SSSR count). The molecule has 1 fully saturated rings. The number of morpholine rings is 1. The number of hydrogen-bond donors (Lipinski definition) is 1. The Kier molecular flexibility index (Phi) is 3.93. The van der Waals surface area contributed by atoms with Crippen molar-refractivity contribution in [3.05, 3.63) is 29.0 Å². The standard InChI is InChI=1S/C11H13ClN2O3/c12-8-1-2-10(13-5-8)11(16)14-3-4-17-7-9(14)6-15/h1-2,5,9,15H,3-4,6-7H2. The van der Waals surface area contributed by atoms with Crippen LogP contribution in [0.2, 0.25) is 5.02 Å². The van der Waals surface area contributed by atoms with E-state index in [4.69, 9.17) is 16.3 Å². The Morgan fingerprint density at radius 2 is 2.47 bits per heavy atom. The van der Waals surface area contributed by atoms with Crippen LogP contribution in [-0.4, -0.2) is 53.3 Å². The summed E-state index contributed by atoms with van der Waals surface area (Å²) in [5.74, 6) is -0.205. The molecule has 1 aromatic rings. The van der Waals surface area contributed by atoms with E-state index in [1.54, 1.807) is 17.0 Å². The predicted octanol–water partition coefficient (Wildman–Crippen LogP) is 0.568. The van der Waals surface area contributed by atoms with Crippen LogP contribution in [0, 0.1) is 0 Å². The largest absolute Gasteiger partial charge is 0.394 e. The molecule has 2 heterocycles. The fourth-order valence-electron chi connectivity index (χ4n) is 1.72. The van der Waals surface area contributed by atoms with Crippen molar-refractivity contribution in [3.63, 3.8) is 0 Å². The molecule has 1 aromatic heterocycles. The van der Waals surface area contributed by atoms with E-state index < -0.39 is 0 Å². The van der Waals surface area contributed by atoms with E-state index in [0.29, 0.717) is 30.5 Å². The Balaban J connectivity index is 2.15. The van der Waals surface area contributed by atoms with Crippen LogP contribution in [0.15, 0.2) is 18.3 Å². The third-order valence-corrected chi connectivity index (χ3v) is 2.87. The van der Waals surface area contributed by atoms with E-state index in [0.717, 1.165) is 0 Å². The van der Waals surface area contributed by atoms with Gasteiger partial charge in [0.15, 0.2) is 0 Å². The van der Waals surface area contributed by atoms with Gasteiger partial charge in [0, 0.05) is 12.7 Å². The topological polar surface area (TPSA) is 62.7 Å². The second-order valence-electron chi connectivity index (χ2n) is 3.77. The van der Waals surface area contributed by atoms with E-state index >= 15 is 0 Å². The van der Waals surface area contributed by atoms with Crippen LogP contribution < -0.4 is 0 Å². The molecule has 6 heteroatoms. The van der Waals surface area contributed by atoms with Crippen LogP contribution in [0.5, 0.6) is 0 Å². The third-order valence-electron chi connectivity index (χ3n) is 2.65. The first-order valence-electron chi connectivity index (χ1n) is 5.33. The number of carbonyl (C=O) groups is 1. The van der Waals surface area contributed by atoms with Crippen LogP contribution in [0.1, 0.15) is 10.5 Å². The van der Waals surface area contributed by atoms with Gasteiger partial charge in [0.2, 0.25) is 0 Å². The van der Waals surface area contributed by atoms with Crippen molar-refractivity contribution in [2.75, 3.05) is 26.4 Å². The summed E-state index contributed by atoms with van der Waals surface area (Å²) in [6, 6.07) is 2.90. The van der Waals surface area contributed by atoms with Gasteiger partial charge >= 0.3 is 0 Å². The van der Waals surface area contributed by atoms with Gasteiger partial charge in [0.25, 0.3) is 5.91 Å². The number of ether oxygens (including phenoxy) is 1. The highest BCUT2D eigenvalue weighted by Crippen LogP contribution is 2.12. The zero-order valence-electron chi connectivity index (χ0n) is 9.17. The van der Waals surface area contributed by atoms with Gasteiger partial charge in [0.05, 0.1) is 30.9 Å². The highest BCUT2D eigenvalue weighted by atomic mass is 35.5. The van der Waals surface area contributed by atoms with Gasteiger partial charge in [0.1, 0.15) is 5.69 Å². The summed E-state index contributed by atoms with van der Waals surface area (Å²) in [4.78, 5) is 17.7. The molecule has 0 saturated carbocycles. The van der Waals surface area contributed by atoms with Gasteiger partial charge in [-0.25, -0.2) is 4.98 Å². The van der Waals surface area contributed by atoms with Crippen molar-refractivity contribution >= 4 is 17.5 Å². The predicted molar refractivity (Wildman–Crippen MR) is 62.0 cm³/mol. The molecule has 92 valence electrons. The van der Waals surface area contributed by atoms with Gasteiger partial charge in [-0.3, -0.25) is 4.79 Å². The first-order valence-corrected chi connectivity index (χ1v) is 5.71. The molecule has 1 N–H and O–H groups in total. The summed E-state index contributed by atoms with van der Waals surface area (Å²) in [5, 5.41) is 9.67. The summed E-state index contributed by atoms with van der Waals surface area (Å²) < 4.78 is 5.21. The fraction of sp³-hybridized carbons (Fsp3) is 0.455. The van der Waals surface area contributed by atoms with Crippen molar-refractivity contribution in [1.29, 1.82) is 0 Å². The maximum atomic E-state index is 12.1. The fourth-order valence-corrected chi connectivity index (χ4v) is 1.83. The van der Waals surface area contributed by atoms with E-state index in [9.17, 15) is 9.90 Å². The lowest BCUT2D eigenvalue weighted by atomic mass is 10.2. The number of hydrogen-bond acceptors (Lipinski definition) is 4. The third kappa shape index (κ3) is 2.74. The molecule has 0 aliphatic carbocycles. The monoisotopic (exact) mass is 256 g/mol. The quantitative estimate of drug-likeness (QED) is 0.840. The highest BCUT2D eigenvalue weighted by Gasteiger charge is 2.28. The zero-order valence-corrected chi connectivity index (χ0v) is 9.93. The van der Waals surface area contributed by atoms with Crippen molar-refractivity contribution in [2.24, 2.45) is 0 Å². The Bertz CT molecular complexity index is 396. The molecule has 17 heavy (non-hydrogen) atoms. The van der Waals surface area contributed by atoms with Gasteiger partial charge in [-0.1, -0.05) is 11.6 Å². The van der Waals surface area contributed by atoms with Crippen LogP contribution in [0.3, 0.4) is 0 Å². The minimum Gasteiger partial charge on any atom is -0.394 e. The lowest BCUT2D eigenvalue weighted by Crippen LogP contribution is -2.50. The number of rotatable bonds is 2. The molecule has 0 spiro atoms. The second-order valence-corrected chi connectivity index (χ2v) is 4.21. The smallest absolute Gasteiger partial charge is 0.272 e. The average molecular weight is 257 g/mol. The summed E-state index contributed by atoms with van der Waals surface area (Å²) in [6.45, 7) is 1.19. The van der Waals surface area contributed by atoms with Crippen LogP contribution in [0.4, 0.5) is 0 Å². The maximum absolute atomic E-state index is 12.1. The molecule has 1 aliphatic heterocycles. The summed E-state index contributed by atoms with van der Waals surface area (Å²) in [7, 11) is 0. The summed E-state index contributed by atoms with van der Waals surface area (Å²) in [6.07, 6.45) is 1.43. The molecule has 1 atom stereocenters. The number of aliphatic hydroxyl groups excluding tert-OH is 1. The molecule has 1 amide bonds. The number of aliphatic hydroxyl groups is 1. The zero-order chi connectivity index (χ0) is 12.3. The van der Waals surface area contributed by atoms with E-state index in [-0.39, 0.29) is 18.6 Å². The maximum Gasteiger partial charge on any atom is 0.272 e. The van der Waals surface area contributed by atoms with Crippen molar-refractivity contribution in [1.82, 2.24) is 9.88 Å². The molecule has 0 radical (unpaired) electrons. The number of halogens is 1. The van der Waals surface area contributed by atoms with Gasteiger partial charge in [-0.05, 0) is 12.1 Å². The Hall–Kier alpha value is -1.17. The molecule has 1 saturated heterocycles. The van der Waals surface area contributed by atoms with E-state index in [1.807, 2.05) is 0 Å². The molecular formula is C11H13ClN2O3. The van der Waals surface area contributed by atoms with Gasteiger partial charge < -0.3 is 14.7 Å². The normalized spacial score (nSPS) is 20.4. The van der Waals surface area contributed by atoms with Gasteiger partial charge in [-0.2, -0.15) is 0 Å². The number of nitrogens with zero attached hydrogens (tertiary/aromatic N) is 2. The minimum absolute atomic E-state index is 0.112. The van der Waals surface area contributed by atoms with E-state index in [1.165, 1.54) is 6.20 Å². The van der Waals surface area contributed by atoms with Crippen molar-refractivity contribution in [2.45, 2.75) is 6.04 Å². The minimum atomic E-state index is -0.297. The Labute approximate surface area is 104 Å². The average Bonchev–Trinajstić information content (AvgIpc) is 2.39. The Morgan fingerprint density at radius 3 is 3.12 bits per heavy atom. The molecule has 1 aliphatic rings. The molecule has 0 aromatic carbocycles. The number of amides is 1. The number of pyridine rings is 1. The van der Waals surface area contributed by atoms with Crippen molar-refractivity contribution < 1.29 is 14.6 Å². The number of carbonyl (C=O) groups excluding carboxylic acids is 1. The number of aromatic nitrogens is 1. The van der Waals surface area contributed by atoms with Crippen LogP contribution in [0.25, 0.3) is 0 Å². The lowest BCUT2D eigenvalue weighted by Gasteiger charge is -2.34. The molecular weight excluding hydrogens is 244 g/mol. The molecule has 1 unspecified atom stereocenters.